The van der Waals surface area contributed by atoms with E-state index in [0.717, 1.165) is 17.8 Å². The third-order valence-corrected chi connectivity index (χ3v) is 4.15. The normalized spacial score (nSPS) is 13.7. The van der Waals surface area contributed by atoms with Crippen molar-refractivity contribution in [2.75, 3.05) is 5.32 Å². The monoisotopic (exact) mass is 316 g/mol. The Balaban J connectivity index is 1.62. The quantitative estimate of drug-likeness (QED) is 0.783. The highest BCUT2D eigenvalue weighted by molar-refractivity contribution is 7.09. The van der Waals surface area contributed by atoms with Gasteiger partial charge in [0.15, 0.2) is 0 Å². The fraction of sp³-hybridized carbons (Fsp3) is 0.267. The van der Waals surface area contributed by atoms with E-state index in [1.807, 2.05) is 0 Å². The van der Waals surface area contributed by atoms with Gasteiger partial charge in [-0.25, -0.2) is 4.98 Å². The first-order valence-electron chi connectivity index (χ1n) is 7.02. The van der Waals surface area contributed by atoms with Gasteiger partial charge in [-0.15, -0.1) is 11.3 Å². The van der Waals surface area contributed by atoms with Crippen LogP contribution in [0.5, 0.6) is 0 Å². The predicted octanol–water partition coefficient (Wildman–Crippen LogP) is 1.75. The van der Waals surface area contributed by atoms with Gasteiger partial charge >= 0.3 is 0 Å². The number of benzene rings is 1. The fourth-order valence-electron chi connectivity index (χ4n) is 1.91. The highest BCUT2D eigenvalue weighted by Crippen LogP contribution is 2.20. The number of amides is 2. The third kappa shape index (κ3) is 3.49. The van der Waals surface area contributed by atoms with E-state index in [1.165, 1.54) is 11.3 Å². The summed E-state index contributed by atoms with van der Waals surface area (Å²) < 4.78 is 0. The molecule has 6 nitrogen and oxygen atoms in total. The molecule has 0 aliphatic heterocycles. The second kappa shape index (κ2) is 6.25. The summed E-state index contributed by atoms with van der Waals surface area (Å²) in [6.45, 7) is 0.322. The topological polar surface area (TPSA) is 97.1 Å². The average Bonchev–Trinajstić information content (AvgIpc) is 3.20. The summed E-state index contributed by atoms with van der Waals surface area (Å²) in [6, 6.07) is 7.12. The Morgan fingerprint density at radius 1 is 1.23 bits per heavy atom. The lowest BCUT2D eigenvalue weighted by Gasteiger charge is -2.06. The summed E-state index contributed by atoms with van der Waals surface area (Å²) in [5, 5.41) is 8.06. The van der Waals surface area contributed by atoms with E-state index in [2.05, 4.69) is 15.6 Å². The molecule has 0 atom stereocenters. The van der Waals surface area contributed by atoms with Crippen molar-refractivity contribution in [1.29, 1.82) is 0 Å². The van der Waals surface area contributed by atoms with E-state index in [4.69, 9.17) is 5.73 Å². The van der Waals surface area contributed by atoms with E-state index in [0.29, 0.717) is 29.5 Å². The summed E-state index contributed by atoms with van der Waals surface area (Å²) in [5.41, 5.74) is 7.03. The molecule has 114 valence electrons. The van der Waals surface area contributed by atoms with Crippen LogP contribution >= 0.6 is 11.3 Å². The third-order valence-electron chi connectivity index (χ3n) is 3.28. The number of nitrogens with two attached hydrogens (primary N) is 1. The number of nitrogens with zero attached hydrogens (tertiary/aromatic N) is 1. The van der Waals surface area contributed by atoms with Crippen molar-refractivity contribution < 1.29 is 9.59 Å². The predicted molar refractivity (Wildman–Crippen MR) is 84.9 cm³/mol. The number of aromatic nitrogens is 1. The molecule has 1 aromatic heterocycles. The van der Waals surface area contributed by atoms with E-state index >= 15 is 0 Å². The van der Waals surface area contributed by atoms with Crippen LogP contribution in [0.25, 0.3) is 0 Å². The summed E-state index contributed by atoms with van der Waals surface area (Å²) in [7, 11) is 0. The molecular formula is C15H16N4O2S. The molecule has 1 aromatic carbocycles. The highest BCUT2D eigenvalue weighted by Gasteiger charge is 2.23. The lowest BCUT2D eigenvalue weighted by molar-refractivity contribution is 0.0950. The van der Waals surface area contributed by atoms with Gasteiger partial charge < -0.3 is 16.4 Å². The zero-order valence-corrected chi connectivity index (χ0v) is 12.7. The molecule has 0 spiro atoms. The van der Waals surface area contributed by atoms with E-state index < -0.39 is 0 Å². The first-order valence-corrected chi connectivity index (χ1v) is 7.90. The van der Waals surface area contributed by atoms with Crippen molar-refractivity contribution in [2.24, 2.45) is 5.73 Å². The Morgan fingerprint density at radius 3 is 2.55 bits per heavy atom. The van der Waals surface area contributed by atoms with E-state index in [1.54, 1.807) is 29.6 Å². The maximum absolute atomic E-state index is 12.0. The molecule has 0 unspecified atom stereocenters. The molecule has 0 radical (unpaired) electrons. The molecule has 7 heteroatoms. The van der Waals surface area contributed by atoms with E-state index in [9.17, 15) is 9.59 Å². The average molecular weight is 316 g/mol. The maximum Gasteiger partial charge on any atom is 0.275 e. The molecule has 1 heterocycles. The van der Waals surface area contributed by atoms with Gasteiger partial charge in [0.1, 0.15) is 10.7 Å². The van der Waals surface area contributed by atoms with Crippen LogP contribution in [0.4, 0.5) is 5.69 Å². The van der Waals surface area contributed by atoms with Gasteiger partial charge in [-0.05, 0) is 37.1 Å². The molecule has 2 aromatic rings. The number of thiazole rings is 1. The van der Waals surface area contributed by atoms with Crippen molar-refractivity contribution in [3.63, 3.8) is 0 Å². The second-order valence-corrected chi connectivity index (χ2v) is 6.05. The van der Waals surface area contributed by atoms with Crippen molar-refractivity contribution in [1.82, 2.24) is 10.3 Å². The van der Waals surface area contributed by atoms with Crippen molar-refractivity contribution in [3.8, 4) is 0 Å². The Hall–Kier alpha value is -2.25. The zero-order chi connectivity index (χ0) is 15.5. The standard InChI is InChI=1S/C15H16N4O2S/c16-7-13-19-12(8-22-13)15(21)18-10-3-1-9(2-4-10)14(20)17-11-5-6-11/h1-4,8,11H,5-7,16H2,(H,17,20)(H,18,21). The number of anilines is 1. The van der Waals surface area contributed by atoms with Crippen LogP contribution in [0, 0.1) is 0 Å². The van der Waals surface area contributed by atoms with Crippen LogP contribution in [-0.2, 0) is 6.54 Å². The van der Waals surface area contributed by atoms with Gasteiger partial charge in [0, 0.05) is 29.2 Å². The molecule has 3 rings (SSSR count). The van der Waals surface area contributed by atoms with Gasteiger partial charge in [-0.1, -0.05) is 0 Å². The first-order chi connectivity index (χ1) is 10.7. The van der Waals surface area contributed by atoms with Crippen LogP contribution in [0.3, 0.4) is 0 Å². The van der Waals surface area contributed by atoms with Crippen LogP contribution in [0.15, 0.2) is 29.6 Å². The van der Waals surface area contributed by atoms with Crippen LogP contribution in [0.2, 0.25) is 0 Å². The molecule has 1 aliphatic carbocycles. The number of nitrogens with one attached hydrogen (secondary N) is 2. The first kappa shape index (κ1) is 14.7. The number of carbonyl (C=O) groups is 2. The molecular weight excluding hydrogens is 300 g/mol. The molecule has 0 saturated heterocycles. The van der Waals surface area contributed by atoms with Crippen molar-refractivity contribution in [2.45, 2.75) is 25.4 Å². The van der Waals surface area contributed by atoms with Crippen molar-refractivity contribution in [3.05, 3.63) is 45.9 Å². The summed E-state index contributed by atoms with van der Waals surface area (Å²) in [6.07, 6.45) is 2.11. The molecule has 1 saturated carbocycles. The molecule has 4 N–H and O–H groups in total. The number of hydrogen-bond acceptors (Lipinski definition) is 5. The van der Waals surface area contributed by atoms with Crippen LogP contribution in [-0.4, -0.2) is 22.8 Å². The van der Waals surface area contributed by atoms with Crippen molar-refractivity contribution >= 4 is 28.8 Å². The molecule has 1 fully saturated rings. The summed E-state index contributed by atoms with van der Waals surface area (Å²) in [5.74, 6) is -0.362. The molecule has 0 bridgehead atoms. The number of carbonyl (C=O) groups excluding carboxylic acids is 2. The summed E-state index contributed by atoms with van der Waals surface area (Å²) in [4.78, 5) is 28.0. The smallest absolute Gasteiger partial charge is 0.275 e. The Morgan fingerprint density at radius 2 is 1.95 bits per heavy atom. The molecule has 22 heavy (non-hydrogen) atoms. The number of hydrogen-bond donors (Lipinski definition) is 3. The lowest BCUT2D eigenvalue weighted by atomic mass is 10.2. The largest absolute Gasteiger partial charge is 0.349 e. The van der Waals surface area contributed by atoms with Gasteiger partial charge in [0.05, 0.1) is 0 Å². The molecule has 1 aliphatic rings. The van der Waals surface area contributed by atoms with Gasteiger partial charge in [-0.3, -0.25) is 9.59 Å². The minimum Gasteiger partial charge on any atom is -0.349 e. The second-order valence-electron chi connectivity index (χ2n) is 5.11. The summed E-state index contributed by atoms with van der Waals surface area (Å²) >= 11 is 1.36. The van der Waals surface area contributed by atoms with Gasteiger partial charge in [-0.2, -0.15) is 0 Å². The number of rotatable bonds is 5. The minimum absolute atomic E-state index is 0.0764. The fourth-order valence-corrected chi connectivity index (χ4v) is 2.56. The Bertz CT molecular complexity index is 692. The van der Waals surface area contributed by atoms with E-state index in [-0.39, 0.29) is 11.8 Å². The Labute approximate surface area is 131 Å². The van der Waals surface area contributed by atoms with Crippen LogP contribution < -0.4 is 16.4 Å². The lowest BCUT2D eigenvalue weighted by Crippen LogP contribution is -2.25. The molecule has 2 amide bonds. The van der Waals surface area contributed by atoms with Crippen LogP contribution in [0.1, 0.15) is 38.7 Å². The maximum atomic E-state index is 12.0. The zero-order valence-electron chi connectivity index (χ0n) is 11.8. The SMILES string of the molecule is NCc1nc(C(=O)Nc2ccc(C(=O)NC3CC3)cc2)cs1. The minimum atomic E-state index is -0.286. The Kier molecular flexibility index (Phi) is 4.17. The van der Waals surface area contributed by atoms with Gasteiger partial charge in [0.25, 0.3) is 11.8 Å². The van der Waals surface area contributed by atoms with Gasteiger partial charge in [0.2, 0.25) is 0 Å². The highest BCUT2D eigenvalue weighted by atomic mass is 32.1.